The highest BCUT2D eigenvalue weighted by atomic mass is 32.2. The van der Waals surface area contributed by atoms with Gasteiger partial charge < -0.3 is 10.1 Å². The summed E-state index contributed by atoms with van der Waals surface area (Å²) < 4.78 is 5.17. The summed E-state index contributed by atoms with van der Waals surface area (Å²) in [6, 6.07) is 13.5. The van der Waals surface area contributed by atoms with Crippen molar-refractivity contribution in [2.45, 2.75) is 18.7 Å². The number of nitrogens with one attached hydrogen (secondary N) is 3. The summed E-state index contributed by atoms with van der Waals surface area (Å²) in [5.74, 6) is 1.19. The lowest BCUT2D eigenvalue weighted by atomic mass is 10.1. The first kappa shape index (κ1) is 17.9. The quantitative estimate of drug-likeness (QED) is 0.735. The van der Waals surface area contributed by atoms with Crippen LogP contribution >= 0.6 is 11.8 Å². The summed E-state index contributed by atoms with van der Waals surface area (Å²) in [5.41, 5.74) is 6.94. The molecule has 0 spiro atoms. The van der Waals surface area contributed by atoms with Gasteiger partial charge in [-0.1, -0.05) is 12.1 Å². The third-order valence-electron chi connectivity index (χ3n) is 4.58. The largest absolute Gasteiger partial charge is 0.497 e. The fourth-order valence-electron chi connectivity index (χ4n) is 3.10. The van der Waals surface area contributed by atoms with Gasteiger partial charge in [0, 0.05) is 10.6 Å². The predicted octanol–water partition coefficient (Wildman–Crippen LogP) is 3.92. The number of hydrogen-bond donors (Lipinski definition) is 3. The maximum Gasteiger partial charge on any atom is 0.198 e. The normalized spacial score (nSPS) is 15.1. The minimum absolute atomic E-state index is 0.0854. The van der Waals surface area contributed by atoms with Crippen molar-refractivity contribution in [3.63, 3.8) is 0 Å². The fourth-order valence-corrected chi connectivity index (χ4v) is 4.22. The van der Waals surface area contributed by atoms with Crippen molar-refractivity contribution in [3.8, 4) is 11.8 Å². The van der Waals surface area contributed by atoms with Gasteiger partial charge in [-0.05, 0) is 61.0 Å². The standard InChI is InChI=1S/C20H18N6OS/c1-11-4-5-12(2)17-16(11)26-18(22)15(10-21)19(24-25-20(26)28-17)23-13-6-8-14(27-3)9-7-13/h4-9,22-24H,1-3H3. The molecule has 0 amide bonds. The molecule has 8 heteroatoms. The van der Waals surface area contributed by atoms with Crippen LogP contribution in [0, 0.1) is 30.6 Å². The topological polar surface area (TPSA) is 96.5 Å². The Kier molecular flexibility index (Phi) is 4.45. The molecule has 0 bridgehead atoms. The fraction of sp³-hybridized carbons (Fsp3) is 0.150. The SMILES string of the molecule is COc1ccc(NC2=C(C#N)C(=N)N3C(=NN2)Sc2c(C)ccc(C)c23)cc1. The Balaban J connectivity index is 1.74. The lowest BCUT2D eigenvalue weighted by Crippen LogP contribution is -2.32. The van der Waals surface area contributed by atoms with Gasteiger partial charge in [-0.15, -0.1) is 5.10 Å². The van der Waals surface area contributed by atoms with Crippen LogP contribution in [0.5, 0.6) is 5.75 Å². The Morgan fingerprint density at radius 1 is 1.18 bits per heavy atom. The van der Waals surface area contributed by atoms with E-state index in [1.54, 1.807) is 12.0 Å². The Morgan fingerprint density at radius 3 is 2.57 bits per heavy atom. The number of fused-ring (bicyclic) bond motifs is 3. The Hall–Kier alpha value is -3.44. The number of ether oxygens (including phenoxy) is 1. The molecule has 0 saturated heterocycles. The molecular formula is C20H18N6OS. The molecule has 7 nitrogen and oxygen atoms in total. The van der Waals surface area contributed by atoms with E-state index >= 15 is 0 Å². The number of amidine groups is 2. The molecule has 28 heavy (non-hydrogen) atoms. The minimum atomic E-state index is 0.0854. The molecule has 140 valence electrons. The van der Waals surface area contributed by atoms with Crippen LogP contribution in [0.3, 0.4) is 0 Å². The van der Waals surface area contributed by atoms with Crippen molar-refractivity contribution < 1.29 is 4.74 Å². The smallest absolute Gasteiger partial charge is 0.198 e. The van der Waals surface area contributed by atoms with Crippen molar-refractivity contribution in [1.29, 1.82) is 10.7 Å². The highest BCUT2D eigenvalue weighted by Gasteiger charge is 2.36. The Bertz CT molecular complexity index is 1080. The van der Waals surface area contributed by atoms with E-state index in [4.69, 9.17) is 10.1 Å². The summed E-state index contributed by atoms with van der Waals surface area (Å²) in [7, 11) is 1.61. The highest BCUT2D eigenvalue weighted by molar-refractivity contribution is 8.15. The average Bonchev–Trinajstić information content (AvgIpc) is 3.05. The van der Waals surface area contributed by atoms with Crippen molar-refractivity contribution in [1.82, 2.24) is 5.43 Å². The van der Waals surface area contributed by atoms with Gasteiger partial charge in [0.1, 0.15) is 23.2 Å². The summed E-state index contributed by atoms with van der Waals surface area (Å²) in [6.07, 6.45) is 0. The van der Waals surface area contributed by atoms with E-state index in [0.717, 1.165) is 33.1 Å². The number of benzene rings is 2. The third-order valence-corrected chi connectivity index (χ3v) is 5.76. The number of nitriles is 1. The van der Waals surface area contributed by atoms with Crippen LogP contribution in [0.2, 0.25) is 0 Å². The zero-order valence-corrected chi connectivity index (χ0v) is 16.4. The average molecular weight is 390 g/mol. The number of aryl methyl sites for hydroxylation is 2. The Morgan fingerprint density at radius 2 is 1.89 bits per heavy atom. The minimum Gasteiger partial charge on any atom is -0.497 e. The van der Waals surface area contributed by atoms with E-state index in [0.29, 0.717) is 11.0 Å². The van der Waals surface area contributed by atoms with Crippen LogP contribution in [0.1, 0.15) is 11.1 Å². The van der Waals surface area contributed by atoms with E-state index in [-0.39, 0.29) is 11.4 Å². The molecule has 2 aromatic carbocycles. The van der Waals surface area contributed by atoms with Crippen molar-refractivity contribution >= 4 is 34.1 Å². The van der Waals surface area contributed by atoms with Gasteiger partial charge in [0.05, 0.1) is 12.8 Å². The lowest BCUT2D eigenvalue weighted by Gasteiger charge is -2.20. The van der Waals surface area contributed by atoms with Crippen LogP contribution in [-0.4, -0.2) is 18.1 Å². The number of anilines is 2. The molecule has 0 aromatic heterocycles. The summed E-state index contributed by atoms with van der Waals surface area (Å²) in [6.45, 7) is 4.03. The first-order valence-corrected chi connectivity index (χ1v) is 9.41. The molecule has 4 rings (SSSR count). The van der Waals surface area contributed by atoms with Crippen LogP contribution in [-0.2, 0) is 0 Å². The second kappa shape index (κ2) is 6.94. The van der Waals surface area contributed by atoms with Gasteiger partial charge in [0.15, 0.2) is 11.0 Å². The van der Waals surface area contributed by atoms with Crippen LogP contribution < -0.4 is 20.4 Å². The van der Waals surface area contributed by atoms with E-state index < -0.39 is 0 Å². The Labute approximate surface area is 167 Å². The molecule has 0 atom stereocenters. The summed E-state index contributed by atoms with van der Waals surface area (Å²) in [5, 5.41) is 26.7. The molecule has 0 radical (unpaired) electrons. The van der Waals surface area contributed by atoms with Crippen LogP contribution in [0.15, 0.2) is 57.8 Å². The maximum absolute atomic E-state index is 9.78. The van der Waals surface area contributed by atoms with E-state index in [2.05, 4.69) is 28.0 Å². The van der Waals surface area contributed by atoms with E-state index in [1.165, 1.54) is 11.8 Å². The van der Waals surface area contributed by atoms with Gasteiger partial charge in [-0.25, -0.2) is 0 Å². The molecule has 2 aromatic rings. The first-order chi connectivity index (χ1) is 13.5. The number of nitrogens with zero attached hydrogens (tertiary/aromatic N) is 3. The first-order valence-electron chi connectivity index (χ1n) is 8.59. The molecule has 0 fully saturated rings. The van der Waals surface area contributed by atoms with Crippen LogP contribution in [0.25, 0.3) is 0 Å². The molecule has 2 heterocycles. The molecule has 3 N–H and O–H groups in total. The molecule has 2 aliphatic rings. The van der Waals surface area contributed by atoms with Gasteiger partial charge in [0.2, 0.25) is 0 Å². The van der Waals surface area contributed by atoms with Crippen molar-refractivity contribution in [3.05, 3.63) is 58.9 Å². The number of hydrogen-bond acceptors (Lipinski definition) is 7. The molecule has 2 aliphatic heterocycles. The van der Waals surface area contributed by atoms with E-state index in [9.17, 15) is 5.26 Å². The predicted molar refractivity (Wildman–Crippen MR) is 112 cm³/mol. The van der Waals surface area contributed by atoms with Crippen molar-refractivity contribution in [2.24, 2.45) is 5.10 Å². The van der Waals surface area contributed by atoms with Gasteiger partial charge in [-0.3, -0.25) is 15.7 Å². The molecular weight excluding hydrogens is 372 g/mol. The zero-order chi connectivity index (χ0) is 19.8. The summed E-state index contributed by atoms with van der Waals surface area (Å²) >= 11 is 1.50. The second-order valence-corrected chi connectivity index (χ2v) is 7.36. The number of thioether (sulfide) groups is 1. The maximum atomic E-state index is 9.78. The van der Waals surface area contributed by atoms with Gasteiger partial charge in [0.25, 0.3) is 0 Å². The molecule has 0 unspecified atom stereocenters. The number of hydrazone groups is 1. The second-order valence-electron chi connectivity index (χ2n) is 6.38. The van der Waals surface area contributed by atoms with Crippen molar-refractivity contribution in [2.75, 3.05) is 17.3 Å². The third kappa shape index (κ3) is 2.86. The molecule has 0 aliphatic carbocycles. The summed E-state index contributed by atoms with van der Waals surface area (Å²) in [4.78, 5) is 2.80. The van der Waals surface area contributed by atoms with E-state index in [1.807, 2.05) is 44.2 Å². The highest BCUT2D eigenvalue weighted by Crippen LogP contribution is 2.45. The molecule has 0 saturated carbocycles. The zero-order valence-electron chi connectivity index (χ0n) is 15.6. The van der Waals surface area contributed by atoms with Gasteiger partial charge >= 0.3 is 0 Å². The van der Waals surface area contributed by atoms with Crippen LogP contribution in [0.4, 0.5) is 11.4 Å². The monoisotopic (exact) mass is 390 g/mol. The van der Waals surface area contributed by atoms with Gasteiger partial charge in [-0.2, -0.15) is 5.26 Å². The lowest BCUT2D eigenvalue weighted by molar-refractivity contribution is 0.415. The number of rotatable bonds is 3. The number of methoxy groups -OCH3 is 1.